The molecule has 4 N–H and O–H groups in total. The van der Waals surface area contributed by atoms with E-state index in [4.69, 9.17) is 10.5 Å². The molecule has 0 heterocycles. The third-order valence-electron chi connectivity index (χ3n) is 2.00. The Morgan fingerprint density at radius 3 is 2.42 bits per heavy atom. The van der Waals surface area contributed by atoms with E-state index in [1.807, 2.05) is 13.8 Å². The van der Waals surface area contributed by atoms with Gasteiger partial charge in [-0.05, 0) is 27.7 Å². The topological polar surface area (TPSA) is 111 Å². The Morgan fingerprint density at radius 2 is 1.95 bits per heavy atom. The van der Waals surface area contributed by atoms with Crippen LogP contribution in [0.1, 0.15) is 27.7 Å². The van der Waals surface area contributed by atoms with Crippen LogP contribution in [0, 0.1) is 0 Å². The second-order valence-electron chi connectivity index (χ2n) is 5.32. The Bertz CT molecular complexity index is 374. The first-order chi connectivity index (χ1) is 8.52. The summed E-state index contributed by atoms with van der Waals surface area (Å²) >= 11 is 0. The van der Waals surface area contributed by atoms with Crippen LogP contribution in [0.5, 0.6) is 0 Å². The van der Waals surface area contributed by atoms with Crippen LogP contribution in [-0.4, -0.2) is 51.4 Å². The predicted octanol–water partition coefficient (Wildman–Crippen LogP) is -0.816. The van der Waals surface area contributed by atoms with E-state index in [1.165, 1.54) is 0 Å². The molecule has 0 saturated heterocycles. The largest absolute Gasteiger partial charge is 0.378 e. The molecule has 0 fully saturated rings. The molecule has 8 heteroatoms. The average Bonchev–Trinajstić information content (AvgIpc) is 2.22. The van der Waals surface area contributed by atoms with Crippen molar-refractivity contribution in [2.45, 2.75) is 39.3 Å². The summed E-state index contributed by atoms with van der Waals surface area (Å²) in [5.41, 5.74) is 5.16. The number of hydrogen-bond acceptors (Lipinski definition) is 5. The van der Waals surface area contributed by atoms with Gasteiger partial charge in [-0.25, -0.2) is 13.1 Å². The SMILES string of the molecule is CC(C)OCCS(=O)(=O)NCC(=O)NCC(C)(C)N. The van der Waals surface area contributed by atoms with Gasteiger partial charge in [-0.3, -0.25) is 4.79 Å². The summed E-state index contributed by atoms with van der Waals surface area (Å²) in [4.78, 5) is 11.4. The van der Waals surface area contributed by atoms with E-state index in [0.29, 0.717) is 0 Å². The predicted molar refractivity (Wildman–Crippen MR) is 74.2 cm³/mol. The number of nitrogens with two attached hydrogens (primary N) is 1. The van der Waals surface area contributed by atoms with E-state index in [9.17, 15) is 13.2 Å². The van der Waals surface area contributed by atoms with Crippen LogP contribution in [0.25, 0.3) is 0 Å². The van der Waals surface area contributed by atoms with E-state index < -0.39 is 21.5 Å². The Labute approximate surface area is 115 Å². The lowest BCUT2D eigenvalue weighted by atomic mass is 10.1. The second kappa shape index (κ2) is 7.78. The third kappa shape index (κ3) is 12.1. The maximum atomic E-state index is 11.5. The number of amides is 1. The molecule has 0 spiro atoms. The molecule has 0 aromatic rings. The number of rotatable bonds is 9. The molecule has 0 rings (SSSR count). The van der Waals surface area contributed by atoms with Gasteiger partial charge in [-0.15, -0.1) is 0 Å². The highest BCUT2D eigenvalue weighted by molar-refractivity contribution is 7.89. The Morgan fingerprint density at radius 1 is 1.37 bits per heavy atom. The fourth-order valence-electron chi connectivity index (χ4n) is 1.03. The summed E-state index contributed by atoms with van der Waals surface area (Å²) in [6, 6.07) is 0. The Hall–Kier alpha value is -0.700. The van der Waals surface area contributed by atoms with Gasteiger partial charge in [0.25, 0.3) is 0 Å². The highest BCUT2D eigenvalue weighted by atomic mass is 32.2. The van der Waals surface area contributed by atoms with Gasteiger partial charge in [0, 0.05) is 12.1 Å². The monoisotopic (exact) mass is 295 g/mol. The van der Waals surface area contributed by atoms with Crippen molar-refractivity contribution in [3.05, 3.63) is 0 Å². The maximum absolute atomic E-state index is 11.5. The summed E-state index contributed by atoms with van der Waals surface area (Å²) in [7, 11) is -3.49. The van der Waals surface area contributed by atoms with Crippen LogP contribution in [0.2, 0.25) is 0 Å². The Kier molecular flexibility index (Phi) is 7.50. The van der Waals surface area contributed by atoms with Crippen LogP contribution in [0.4, 0.5) is 0 Å². The maximum Gasteiger partial charge on any atom is 0.235 e. The first-order valence-electron chi connectivity index (χ1n) is 6.16. The molecular weight excluding hydrogens is 270 g/mol. The quantitative estimate of drug-likeness (QED) is 0.515. The first-order valence-corrected chi connectivity index (χ1v) is 7.81. The number of carbonyl (C=O) groups excluding carboxylic acids is 1. The molecule has 0 atom stereocenters. The first kappa shape index (κ1) is 18.3. The van der Waals surface area contributed by atoms with E-state index in [0.717, 1.165) is 0 Å². The molecule has 0 unspecified atom stereocenters. The van der Waals surface area contributed by atoms with Gasteiger partial charge in [0.2, 0.25) is 15.9 Å². The molecule has 0 aliphatic heterocycles. The molecule has 0 radical (unpaired) electrons. The van der Waals surface area contributed by atoms with Crippen molar-refractivity contribution >= 4 is 15.9 Å². The molecular formula is C11H25N3O4S. The summed E-state index contributed by atoms with van der Waals surface area (Å²) in [5.74, 6) is -0.576. The van der Waals surface area contributed by atoms with Gasteiger partial charge < -0.3 is 15.8 Å². The van der Waals surface area contributed by atoms with Crippen LogP contribution < -0.4 is 15.8 Å². The summed E-state index contributed by atoms with van der Waals surface area (Å²) < 4.78 is 30.4. The zero-order valence-electron chi connectivity index (χ0n) is 12.0. The molecule has 0 aliphatic rings. The molecule has 7 nitrogen and oxygen atoms in total. The minimum atomic E-state index is -3.49. The Balaban J connectivity index is 3.94. The van der Waals surface area contributed by atoms with Gasteiger partial charge in [0.15, 0.2) is 0 Å². The van der Waals surface area contributed by atoms with Crippen LogP contribution in [-0.2, 0) is 19.6 Å². The summed E-state index contributed by atoms with van der Waals surface area (Å²) in [6.45, 7) is 7.26. The fourth-order valence-corrected chi connectivity index (χ4v) is 1.84. The smallest absolute Gasteiger partial charge is 0.235 e. The normalized spacial score (nSPS) is 12.7. The van der Waals surface area contributed by atoms with Crippen molar-refractivity contribution in [3.8, 4) is 0 Å². The molecule has 0 aromatic heterocycles. The van der Waals surface area contributed by atoms with Crippen molar-refractivity contribution < 1.29 is 17.9 Å². The molecule has 19 heavy (non-hydrogen) atoms. The van der Waals surface area contributed by atoms with Crippen molar-refractivity contribution in [1.82, 2.24) is 10.0 Å². The van der Waals surface area contributed by atoms with E-state index >= 15 is 0 Å². The van der Waals surface area contributed by atoms with E-state index in [1.54, 1.807) is 13.8 Å². The van der Waals surface area contributed by atoms with Gasteiger partial charge >= 0.3 is 0 Å². The summed E-state index contributed by atoms with van der Waals surface area (Å²) in [5, 5.41) is 2.55. The van der Waals surface area contributed by atoms with Gasteiger partial charge in [0.1, 0.15) is 0 Å². The van der Waals surface area contributed by atoms with Crippen LogP contribution in [0.3, 0.4) is 0 Å². The van der Waals surface area contributed by atoms with E-state index in [-0.39, 0.29) is 31.6 Å². The van der Waals surface area contributed by atoms with Gasteiger partial charge in [0.05, 0.1) is 25.0 Å². The number of ether oxygens (including phenoxy) is 1. The minimum absolute atomic E-state index is 0.0229. The zero-order chi connectivity index (χ0) is 15.1. The lowest BCUT2D eigenvalue weighted by molar-refractivity contribution is -0.120. The van der Waals surface area contributed by atoms with Crippen molar-refractivity contribution in [1.29, 1.82) is 0 Å². The molecule has 114 valence electrons. The van der Waals surface area contributed by atoms with E-state index in [2.05, 4.69) is 10.0 Å². The number of carbonyl (C=O) groups is 1. The highest BCUT2D eigenvalue weighted by Gasteiger charge is 2.15. The average molecular weight is 295 g/mol. The van der Waals surface area contributed by atoms with Crippen molar-refractivity contribution in [2.75, 3.05) is 25.4 Å². The van der Waals surface area contributed by atoms with Gasteiger partial charge in [-0.2, -0.15) is 0 Å². The summed E-state index contributed by atoms with van der Waals surface area (Å²) in [6.07, 6.45) is -0.0229. The molecule has 0 saturated carbocycles. The second-order valence-corrected chi connectivity index (χ2v) is 7.25. The zero-order valence-corrected chi connectivity index (χ0v) is 12.8. The highest BCUT2D eigenvalue weighted by Crippen LogP contribution is 1.93. The number of sulfonamides is 1. The molecule has 0 aliphatic carbocycles. The van der Waals surface area contributed by atoms with Crippen molar-refractivity contribution in [3.63, 3.8) is 0 Å². The molecule has 0 aromatic carbocycles. The fraction of sp³-hybridized carbons (Fsp3) is 0.909. The molecule has 0 bridgehead atoms. The number of nitrogens with one attached hydrogen (secondary N) is 2. The standard InChI is InChI=1S/C11H25N3O4S/c1-9(2)18-5-6-19(16,17)14-7-10(15)13-8-11(3,4)12/h9,14H,5-8,12H2,1-4H3,(H,13,15). The van der Waals surface area contributed by atoms with Crippen LogP contribution in [0.15, 0.2) is 0 Å². The lowest BCUT2D eigenvalue weighted by Crippen LogP contribution is -2.47. The third-order valence-corrected chi connectivity index (χ3v) is 3.29. The van der Waals surface area contributed by atoms with Crippen LogP contribution >= 0.6 is 0 Å². The van der Waals surface area contributed by atoms with Gasteiger partial charge in [-0.1, -0.05) is 0 Å². The lowest BCUT2D eigenvalue weighted by Gasteiger charge is -2.18. The minimum Gasteiger partial charge on any atom is -0.378 e. The molecule has 1 amide bonds. The van der Waals surface area contributed by atoms with Crippen molar-refractivity contribution in [2.24, 2.45) is 5.73 Å². The number of hydrogen-bond donors (Lipinski definition) is 3.